The molecule has 1 atom stereocenters. The molecule has 3 N–H and O–H groups in total. The molecule has 0 bridgehead atoms. The molecule has 1 fully saturated rings. The number of pyridine rings is 1. The summed E-state index contributed by atoms with van der Waals surface area (Å²) in [5, 5.41) is 2.78. The molecule has 5 nitrogen and oxygen atoms in total. The minimum Gasteiger partial charge on any atom is -0.481 e. The van der Waals surface area contributed by atoms with Crippen LogP contribution in [0.4, 0.5) is 5.82 Å². The van der Waals surface area contributed by atoms with Gasteiger partial charge in [-0.3, -0.25) is 4.79 Å². The molecule has 0 aliphatic carbocycles. The fourth-order valence-corrected chi connectivity index (χ4v) is 1.76. The zero-order chi connectivity index (χ0) is 10.8. The Morgan fingerprint density at radius 3 is 3.00 bits per heavy atom. The van der Waals surface area contributed by atoms with E-state index >= 15 is 0 Å². The van der Waals surface area contributed by atoms with Crippen molar-refractivity contribution in [1.29, 1.82) is 0 Å². The first-order valence-corrected chi connectivity index (χ1v) is 4.78. The van der Waals surface area contributed by atoms with E-state index in [9.17, 15) is 4.79 Å². The van der Waals surface area contributed by atoms with E-state index in [0.29, 0.717) is 24.7 Å². The van der Waals surface area contributed by atoms with Crippen molar-refractivity contribution in [2.75, 3.05) is 19.4 Å². The highest BCUT2D eigenvalue weighted by Crippen LogP contribution is 2.30. The number of carbonyl (C=O) groups is 1. The summed E-state index contributed by atoms with van der Waals surface area (Å²) in [7, 11) is 1.55. The van der Waals surface area contributed by atoms with E-state index in [-0.39, 0.29) is 11.8 Å². The third-order valence-electron chi connectivity index (χ3n) is 2.52. The van der Waals surface area contributed by atoms with Crippen LogP contribution in [0.15, 0.2) is 12.1 Å². The molecule has 2 rings (SSSR count). The molecule has 0 aromatic carbocycles. The molecule has 1 saturated heterocycles. The minimum atomic E-state index is 0.0684. The zero-order valence-electron chi connectivity index (χ0n) is 8.49. The Labute approximate surface area is 87.6 Å². The second-order valence-corrected chi connectivity index (χ2v) is 3.54. The molecule has 1 aromatic heterocycles. The van der Waals surface area contributed by atoms with Gasteiger partial charge in [0, 0.05) is 24.4 Å². The van der Waals surface area contributed by atoms with E-state index in [0.717, 1.165) is 5.56 Å². The van der Waals surface area contributed by atoms with Crippen molar-refractivity contribution in [3.63, 3.8) is 0 Å². The van der Waals surface area contributed by atoms with E-state index in [2.05, 4.69) is 10.3 Å². The molecule has 0 spiro atoms. The van der Waals surface area contributed by atoms with Crippen molar-refractivity contribution in [2.45, 2.75) is 12.3 Å². The number of carbonyl (C=O) groups excluding carboxylic acids is 1. The summed E-state index contributed by atoms with van der Waals surface area (Å²) in [5.74, 6) is 1.14. The molecule has 1 aromatic rings. The largest absolute Gasteiger partial charge is 0.481 e. The number of amides is 1. The summed E-state index contributed by atoms with van der Waals surface area (Å²) >= 11 is 0. The molecule has 15 heavy (non-hydrogen) atoms. The highest BCUT2D eigenvalue weighted by molar-refractivity contribution is 5.79. The lowest BCUT2D eigenvalue weighted by Gasteiger charge is -2.12. The molecule has 5 heteroatoms. The van der Waals surface area contributed by atoms with Crippen LogP contribution < -0.4 is 15.8 Å². The van der Waals surface area contributed by atoms with Gasteiger partial charge in [-0.25, -0.2) is 0 Å². The van der Waals surface area contributed by atoms with Gasteiger partial charge in [0.05, 0.1) is 7.11 Å². The summed E-state index contributed by atoms with van der Waals surface area (Å²) in [5.41, 5.74) is 6.49. The molecular weight excluding hydrogens is 194 g/mol. The third kappa shape index (κ3) is 1.86. The summed E-state index contributed by atoms with van der Waals surface area (Å²) in [6.07, 6.45) is 0.488. The Bertz CT molecular complexity index is 392. The zero-order valence-corrected chi connectivity index (χ0v) is 8.49. The lowest BCUT2D eigenvalue weighted by molar-refractivity contribution is -0.119. The number of nitrogens with one attached hydrogen (secondary N) is 1. The maximum atomic E-state index is 11.1. The van der Waals surface area contributed by atoms with Crippen LogP contribution >= 0.6 is 0 Å². The number of aromatic nitrogens is 1. The Morgan fingerprint density at radius 2 is 2.40 bits per heavy atom. The Kier molecular flexibility index (Phi) is 2.45. The van der Waals surface area contributed by atoms with Crippen LogP contribution in [0.5, 0.6) is 5.88 Å². The van der Waals surface area contributed by atoms with Gasteiger partial charge in [-0.2, -0.15) is 4.98 Å². The van der Waals surface area contributed by atoms with Crippen LogP contribution in [0.3, 0.4) is 0 Å². The Morgan fingerprint density at radius 1 is 1.60 bits per heavy atom. The molecular formula is C10H13N3O2. The maximum absolute atomic E-state index is 11.1. The van der Waals surface area contributed by atoms with E-state index in [1.165, 1.54) is 0 Å². The SMILES string of the molecule is COc1nc(N)ccc1[C@@H]1CNC(=O)C1. The van der Waals surface area contributed by atoms with Gasteiger partial charge in [-0.05, 0) is 12.1 Å². The predicted molar refractivity (Wildman–Crippen MR) is 55.6 cm³/mol. The van der Waals surface area contributed by atoms with Crippen LogP contribution in [0.1, 0.15) is 17.9 Å². The van der Waals surface area contributed by atoms with E-state index in [4.69, 9.17) is 10.5 Å². The van der Waals surface area contributed by atoms with Gasteiger partial charge < -0.3 is 15.8 Å². The van der Waals surface area contributed by atoms with Gasteiger partial charge >= 0.3 is 0 Å². The van der Waals surface area contributed by atoms with Crippen molar-refractivity contribution in [1.82, 2.24) is 10.3 Å². The highest BCUT2D eigenvalue weighted by Gasteiger charge is 2.26. The highest BCUT2D eigenvalue weighted by atomic mass is 16.5. The van der Waals surface area contributed by atoms with Crippen molar-refractivity contribution in [3.8, 4) is 5.88 Å². The van der Waals surface area contributed by atoms with E-state index in [1.807, 2.05) is 6.07 Å². The van der Waals surface area contributed by atoms with Crippen LogP contribution in [0.2, 0.25) is 0 Å². The van der Waals surface area contributed by atoms with E-state index < -0.39 is 0 Å². The normalized spacial score (nSPS) is 20.1. The van der Waals surface area contributed by atoms with Gasteiger partial charge in [0.25, 0.3) is 0 Å². The molecule has 1 amide bonds. The summed E-state index contributed by atoms with van der Waals surface area (Å²) in [6.45, 7) is 0.640. The van der Waals surface area contributed by atoms with Gasteiger partial charge in [0.1, 0.15) is 5.82 Å². The fourth-order valence-electron chi connectivity index (χ4n) is 1.76. The summed E-state index contributed by atoms with van der Waals surface area (Å²) < 4.78 is 5.14. The van der Waals surface area contributed by atoms with Crippen molar-refractivity contribution >= 4 is 11.7 Å². The average molecular weight is 207 g/mol. The quantitative estimate of drug-likeness (QED) is 0.730. The number of ether oxygens (including phenoxy) is 1. The number of nitrogens with two attached hydrogens (primary N) is 1. The second kappa shape index (κ2) is 3.76. The average Bonchev–Trinajstić information content (AvgIpc) is 2.64. The number of rotatable bonds is 2. The van der Waals surface area contributed by atoms with Crippen molar-refractivity contribution in [3.05, 3.63) is 17.7 Å². The topological polar surface area (TPSA) is 77.2 Å². The Hall–Kier alpha value is -1.78. The molecule has 1 aliphatic heterocycles. The molecule has 0 unspecified atom stereocenters. The standard InChI is InChI=1S/C10H13N3O2/c1-15-10-7(2-3-8(11)13-10)6-4-9(14)12-5-6/h2-3,6H,4-5H2,1H3,(H2,11,13)(H,12,14)/t6-/m0/s1. The monoisotopic (exact) mass is 207 g/mol. The molecule has 0 saturated carbocycles. The molecule has 0 radical (unpaired) electrons. The third-order valence-corrected chi connectivity index (χ3v) is 2.52. The van der Waals surface area contributed by atoms with Gasteiger partial charge in [-0.15, -0.1) is 0 Å². The van der Waals surface area contributed by atoms with Crippen LogP contribution in [0, 0.1) is 0 Å². The number of nitrogen functional groups attached to an aromatic ring is 1. The Balaban J connectivity index is 2.31. The number of methoxy groups -OCH3 is 1. The molecule has 2 heterocycles. The van der Waals surface area contributed by atoms with Gasteiger partial charge in [0.15, 0.2) is 0 Å². The molecule has 1 aliphatic rings. The second-order valence-electron chi connectivity index (χ2n) is 3.54. The van der Waals surface area contributed by atoms with Crippen LogP contribution in [-0.2, 0) is 4.79 Å². The summed E-state index contributed by atoms with van der Waals surface area (Å²) in [6, 6.07) is 3.59. The number of anilines is 1. The number of hydrogen-bond acceptors (Lipinski definition) is 4. The van der Waals surface area contributed by atoms with Crippen molar-refractivity contribution in [2.24, 2.45) is 0 Å². The van der Waals surface area contributed by atoms with Crippen molar-refractivity contribution < 1.29 is 9.53 Å². The minimum absolute atomic E-state index is 0.0684. The first-order chi connectivity index (χ1) is 7.20. The first kappa shape index (κ1) is 9.76. The lowest BCUT2D eigenvalue weighted by atomic mass is 9.99. The van der Waals surface area contributed by atoms with E-state index in [1.54, 1.807) is 13.2 Å². The van der Waals surface area contributed by atoms with Crippen LogP contribution in [0.25, 0.3) is 0 Å². The first-order valence-electron chi connectivity index (χ1n) is 4.78. The van der Waals surface area contributed by atoms with Gasteiger partial charge in [0.2, 0.25) is 11.8 Å². The number of nitrogens with zero attached hydrogens (tertiary/aromatic N) is 1. The number of hydrogen-bond donors (Lipinski definition) is 2. The predicted octanol–water partition coefficient (Wildman–Crippen LogP) is 0.276. The fraction of sp³-hybridized carbons (Fsp3) is 0.400. The lowest BCUT2D eigenvalue weighted by Crippen LogP contribution is -2.13. The molecule has 80 valence electrons. The smallest absolute Gasteiger partial charge is 0.220 e. The van der Waals surface area contributed by atoms with Gasteiger partial charge in [-0.1, -0.05) is 0 Å². The van der Waals surface area contributed by atoms with Crippen LogP contribution in [-0.4, -0.2) is 24.5 Å². The summed E-state index contributed by atoms with van der Waals surface area (Å²) in [4.78, 5) is 15.2. The maximum Gasteiger partial charge on any atom is 0.220 e.